The first-order chi connectivity index (χ1) is 8.23. The second kappa shape index (κ2) is 7.92. The van der Waals surface area contributed by atoms with Crippen LogP contribution in [-0.2, 0) is 14.3 Å². The summed E-state index contributed by atoms with van der Waals surface area (Å²) in [6, 6.07) is 0. The Morgan fingerprint density at radius 1 is 1.11 bits per heavy atom. The Morgan fingerprint density at radius 2 is 1.67 bits per heavy atom. The number of amides is 1. The minimum atomic E-state index is -0.922. The Bertz CT molecular complexity index is 276. The largest absolute Gasteiger partial charge is 0.425 e. The maximum atomic E-state index is 11.4. The van der Waals surface area contributed by atoms with Gasteiger partial charge in [-0.1, -0.05) is 27.7 Å². The fraction of sp³-hybridized carbons (Fsp3) is 0.833. The van der Waals surface area contributed by atoms with E-state index in [0.717, 1.165) is 0 Å². The van der Waals surface area contributed by atoms with E-state index in [-0.39, 0.29) is 18.4 Å². The van der Waals surface area contributed by atoms with Crippen LogP contribution in [0.1, 0.15) is 34.6 Å². The number of hydrogen-bond acceptors (Lipinski definition) is 5. The molecule has 0 rings (SSSR count). The molecule has 0 aromatic carbocycles. The molecule has 6 heteroatoms. The summed E-state index contributed by atoms with van der Waals surface area (Å²) in [6.45, 7) is 8.58. The van der Waals surface area contributed by atoms with E-state index in [1.54, 1.807) is 34.6 Å². The van der Waals surface area contributed by atoms with Gasteiger partial charge in [-0.2, -0.15) is 0 Å². The van der Waals surface area contributed by atoms with Gasteiger partial charge in [-0.25, -0.2) is 4.79 Å². The van der Waals surface area contributed by atoms with Crippen molar-refractivity contribution in [1.82, 2.24) is 5.32 Å². The quantitative estimate of drug-likeness (QED) is 0.555. The molecule has 0 unspecified atom stereocenters. The van der Waals surface area contributed by atoms with Gasteiger partial charge in [-0.05, 0) is 6.92 Å². The zero-order chi connectivity index (χ0) is 14.3. The zero-order valence-electron chi connectivity index (χ0n) is 11.6. The summed E-state index contributed by atoms with van der Waals surface area (Å²) in [6.07, 6.45) is -2.30. The number of aliphatic hydroxyl groups is 1. The number of hydrogen-bond donors (Lipinski definition) is 2. The van der Waals surface area contributed by atoms with E-state index in [2.05, 4.69) is 5.32 Å². The predicted molar refractivity (Wildman–Crippen MR) is 65.7 cm³/mol. The predicted octanol–water partition coefficient (Wildman–Crippen LogP) is 1.27. The molecule has 0 bridgehead atoms. The summed E-state index contributed by atoms with van der Waals surface area (Å²) in [5.74, 6) is -0.850. The minimum absolute atomic E-state index is 0.0851. The first kappa shape index (κ1) is 16.7. The van der Waals surface area contributed by atoms with E-state index in [9.17, 15) is 9.59 Å². The fourth-order valence-corrected chi connectivity index (χ4v) is 0.925. The molecule has 18 heavy (non-hydrogen) atoms. The van der Waals surface area contributed by atoms with Crippen LogP contribution in [0.15, 0.2) is 0 Å². The molecule has 6 nitrogen and oxygen atoms in total. The van der Waals surface area contributed by atoms with Crippen molar-refractivity contribution < 1.29 is 24.2 Å². The van der Waals surface area contributed by atoms with Crippen LogP contribution in [0.3, 0.4) is 0 Å². The van der Waals surface area contributed by atoms with E-state index in [4.69, 9.17) is 14.6 Å². The van der Waals surface area contributed by atoms with Crippen molar-refractivity contribution in [2.45, 2.75) is 47.0 Å². The van der Waals surface area contributed by atoms with Crippen molar-refractivity contribution in [3.8, 4) is 0 Å². The Labute approximate surface area is 108 Å². The number of esters is 1. The summed E-state index contributed by atoms with van der Waals surface area (Å²) in [7, 11) is 0. The van der Waals surface area contributed by atoms with Gasteiger partial charge in [0.25, 0.3) is 6.29 Å². The van der Waals surface area contributed by atoms with Crippen LogP contribution in [-0.4, -0.2) is 36.1 Å². The van der Waals surface area contributed by atoms with Crippen LogP contribution >= 0.6 is 0 Å². The van der Waals surface area contributed by atoms with Crippen molar-refractivity contribution in [3.63, 3.8) is 0 Å². The SMILES string of the molecule is CC(C)C(=O)O[C@@H](OC(=O)NC[C@@H](C)O)C(C)C. The van der Waals surface area contributed by atoms with Crippen LogP contribution < -0.4 is 5.32 Å². The molecule has 0 aliphatic carbocycles. The van der Waals surface area contributed by atoms with Gasteiger partial charge in [0.2, 0.25) is 0 Å². The Morgan fingerprint density at radius 3 is 2.06 bits per heavy atom. The third-order valence-electron chi connectivity index (χ3n) is 2.01. The van der Waals surface area contributed by atoms with Gasteiger partial charge < -0.3 is 19.9 Å². The van der Waals surface area contributed by atoms with Crippen LogP contribution in [0.5, 0.6) is 0 Å². The molecule has 0 radical (unpaired) electrons. The van der Waals surface area contributed by atoms with E-state index < -0.39 is 24.5 Å². The third kappa shape index (κ3) is 7.11. The summed E-state index contributed by atoms with van der Waals surface area (Å²) in [5.41, 5.74) is 0. The summed E-state index contributed by atoms with van der Waals surface area (Å²) >= 11 is 0. The van der Waals surface area contributed by atoms with Crippen molar-refractivity contribution >= 4 is 12.1 Å². The summed E-state index contributed by atoms with van der Waals surface area (Å²) < 4.78 is 10.0. The lowest BCUT2D eigenvalue weighted by Crippen LogP contribution is -2.37. The highest BCUT2D eigenvalue weighted by Gasteiger charge is 2.24. The molecule has 0 fully saturated rings. The van der Waals surface area contributed by atoms with Gasteiger partial charge in [-0.15, -0.1) is 0 Å². The van der Waals surface area contributed by atoms with Gasteiger partial charge in [0, 0.05) is 12.5 Å². The molecule has 2 atom stereocenters. The maximum absolute atomic E-state index is 11.4. The van der Waals surface area contributed by atoms with Gasteiger partial charge in [0.05, 0.1) is 12.0 Å². The molecular weight excluding hydrogens is 238 g/mol. The lowest BCUT2D eigenvalue weighted by atomic mass is 10.2. The second-order valence-electron chi connectivity index (χ2n) is 4.84. The average molecular weight is 261 g/mol. The molecule has 0 aromatic rings. The van der Waals surface area contributed by atoms with Crippen molar-refractivity contribution in [2.24, 2.45) is 11.8 Å². The van der Waals surface area contributed by atoms with E-state index in [1.807, 2.05) is 0 Å². The first-order valence-corrected chi connectivity index (χ1v) is 6.07. The Kier molecular flexibility index (Phi) is 7.35. The normalized spacial score (nSPS) is 14.2. The van der Waals surface area contributed by atoms with Crippen molar-refractivity contribution in [2.75, 3.05) is 6.54 Å². The number of carbonyl (C=O) groups is 2. The fourth-order valence-electron chi connectivity index (χ4n) is 0.925. The highest BCUT2D eigenvalue weighted by Crippen LogP contribution is 2.11. The molecule has 0 saturated heterocycles. The molecule has 2 N–H and O–H groups in total. The molecule has 0 heterocycles. The summed E-state index contributed by atoms with van der Waals surface area (Å²) in [4.78, 5) is 22.8. The van der Waals surface area contributed by atoms with Crippen LogP contribution in [0.2, 0.25) is 0 Å². The van der Waals surface area contributed by atoms with Crippen molar-refractivity contribution in [1.29, 1.82) is 0 Å². The number of rotatable bonds is 6. The topological polar surface area (TPSA) is 84.9 Å². The van der Waals surface area contributed by atoms with Gasteiger partial charge in [0.1, 0.15) is 0 Å². The van der Waals surface area contributed by atoms with E-state index in [1.165, 1.54) is 0 Å². The lowest BCUT2D eigenvalue weighted by Gasteiger charge is -2.22. The molecule has 0 spiro atoms. The summed E-state index contributed by atoms with van der Waals surface area (Å²) in [5, 5.41) is 11.4. The highest BCUT2D eigenvalue weighted by molar-refractivity contribution is 5.72. The number of nitrogens with one attached hydrogen (secondary N) is 1. The molecule has 0 aromatic heterocycles. The van der Waals surface area contributed by atoms with E-state index >= 15 is 0 Å². The highest BCUT2D eigenvalue weighted by atomic mass is 16.7. The Balaban J connectivity index is 4.27. The van der Waals surface area contributed by atoms with Crippen LogP contribution in [0.25, 0.3) is 0 Å². The van der Waals surface area contributed by atoms with E-state index in [0.29, 0.717) is 0 Å². The first-order valence-electron chi connectivity index (χ1n) is 6.07. The van der Waals surface area contributed by atoms with Crippen LogP contribution in [0.4, 0.5) is 4.79 Å². The van der Waals surface area contributed by atoms with Gasteiger partial charge in [0.15, 0.2) is 0 Å². The van der Waals surface area contributed by atoms with Crippen LogP contribution in [0, 0.1) is 11.8 Å². The second-order valence-corrected chi connectivity index (χ2v) is 4.84. The monoisotopic (exact) mass is 261 g/mol. The molecule has 106 valence electrons. The Hall–Kier alpha value is -1.30. The average Bonchev–Trinajstić information content (AvgIpc) is 2.24. The molecular formula is C12H23NO5. The minimum Gasteiger partial charge on any atom is -0.425 e. The van der Waals surface area contributed by atoms with Gasteiger partial charge >= 0.3 is 12.1 Å². The standard InChI is InChI=1S/C12H23NO5/c1-7(2)10(15)17-11(8(3)4)18-12(16)13-6-9(5)14/h7-9,11,14H,6H2,1-5H3,(H,13,16)/t9-,11+/m1/s1. The lowest BCUT2D eigenvalue weighted by molar-refractivity contribution is -0.178. The van der Waals surface area contributed by atoms with Crippen molar-refractivity contribution in [3.05, 3.63) is 0 Å². The maximum Gasteiger partial charge on any atom is 0.410 e. The number of aliphatic hydroxyl groups excluding tert-OH is 1. The molecule has 0 aliphatic rings. The number of carbonyl (C=O) groups excluding carboxylic acids is 2. The number of ether oxygens (including phenoxy) is 2. The molecule has 1 amide bonds. The number of alkyl carbamates (subject to hydrolysis) is 1. The molecule has 0 aliphatic heterocycles. The smallest absolute Gasteiger partial charge is 0.410 e. The van der Waals surface area contributed by atoms with Gasteiger partial charge in [-0.3, -0.25) is 4.79 Å². The zero-order valence-corrected chi connectivity index (χ0v) is 11.6. The molecule has 0 saturated carbocycles. The third-order valence-corrected chi connectivity index (χ3v) is 2.01.